The number of likely N-dealkylation sites (tertiary alicyclic amines) is 1. The minimum Gasteiger partial charge on any atom is -0.347 e. The third kappa shape index (κ3) is 5.72. The standard InChI is InChI=1S/C20H37NO2/c1-2-4-6-9-13-20(14-10-7-5-3-1)22-18-19(23-20)17-21-15-11-8-12-16-21/h19H,1-18H2/p+1/t19-/m1/s1. The molecule has 2 saturated heterocycles. The summed E-state index contributed by atoms with van der Waals surface area (Å²) in [6.07, 6.45) is 19.2. The molecule has 23 heavy (non-hydrogen) atoms. The van der Waals surface area contributed by atoms with Crippen molar-refractivity contribution in [3.63, 3.8) is 0 Å². The van der Waals surface area contributed by atoms with E-state index in [1.807, 2.05) is 0 Å². The topological polar surface area (TPSA) is 22.9 Å². The minimum absolute atomic E-state index is 0.223. The Morgan fingerprint density at radius 1 is 0.696 bits per heavy atom. The molecular weight excluding hydrogens is 286 g/mol. The van der Waals surface area contributed by atoms with E-state index in [2.05, 4.69) is 0 Å². The molecule has 0 unspecified atom stereocenters. The van der Waals surface area contributed by atoms with E-state index in [0.29, 0.717) is 6.10 Å². The van der Waals surface area contributed by atoms with Crippen LogP contribution in [0.15, 0.2) is 0 Å². The molecule has 3 rings (SSSR count). The monoisotopic (exact) mass is 324 g/mol. The van der Waals surface area contributed by atoms with Crippen molar-refractivity contribution in [1.82, 2.24) is 0 Å². The fourth-order valence-corrected chi connectivity index (χ4v) is 4.71. The summed E-state index contributed by atoms with van der Waals surface area (Å²) in [6, 6.07) is 0. The molecule has 134 valence electrons. The molecule has 3 aliphatic rings. The summed E-state index contributed by atoms with van der Waals surface area (Å²) < 4.78 is 12.9. The summed E-state index contributed by atoms with van der Waals surface area (Å²) in [5, 5.41) is 0. The first kappa shape index (κ1) is 17.7. The second-order valence-corrected chi connectivity index (χ2v) is 8.16. The van der Waals surface area contributed by atoms with E-state index in [9.17, 15) is 0 Å². The summed E-state index contributed by atoms with van der Waals surface area (Å²) in [6.45, 7) is 4.69. The SMILES string of the molecule is C1CCCCCC2(CCCCC1)OC[C@@H](C[NH+]1CCCCC1)O2. The van der Waals surface area contributed by atoms with E-state index < -0.39 is 0 Å². The third-order valence-electron chi connectivity index (χ3n) is 6.11. The highest BCUT2D eigenvalue weighted by Crippen LogP contribution is 2.34. The van der Waals surface area contributed by atoms with Crippen molar-refractivity contribution in [1.29, 1.82) is 0 Å². The predicted molar refractivity (Wildman–Crippen MR) is 93.8 cm³/mol. The van der Waals surface area contributed by atoms with Gasteiger partial charge in [0.05, 0.1) is 19.7 Å². The number of quaternary nitrogens is 1. The van der Waals surface area contributed by atoms with Gasteiger partial charge < -0.3 is 14.4 Å². The summed E-state index contributed by atoms with van der Waals surface area (Å²) in [5.41, 5.74) is 0. The van der Waals surface area contributed by atoms with E-state index in [1.165, 1.54) is 96.7 Å². The molecular formula is C20H38NO2+. The van der Waals surface area contributed by atoms with Gasteiger partial charge in [-0.15, -0.1) is 0 Å². The van der Waals surface area contributed by atoms with Crippen LogP contribution in [0.4, 0.5) is 0 Å². The van der Waals surface area contributed by atoms with E-state index in [-0.39, 0.29) is 5.79 Å². The van der Waals surface area contributed by atoms with Crippen molar-refractivity contribution in [3.05, 3.63) is 0 Å². The molecule has 3 heteroatoms. The van der Waals surface area contributed by atoms with Crippen LogP contribution >= 0.6 is 0 Å². The number of hydrogen-bond donors (Lipinski definition) is 1. The maximum atomic E-state index is 6.55. The van der Waals surface area contributed by atoms with Crippen molar-refractivity contribution < 1.29 is 14.4 Å². The lowest BCUT2D eigenvalue weighted by molar-refractivity contribution is -0.907. The molecule has 0 bridgehead atoms. The molecule has 0 aromatic heterocycles. The lowest BCUT2D eigenvalue weighted by Gasteiger charge is -2.30. The summed E-state index contributed by atoms with van der Waals surface area (Å²) >= 11 is 0. The van der Waals surface area contributed by atoms with Crippen LogP contribution in [0.3, 0.4) is 0 Å². The Bertz CT molecular complexity index is 316. The number of piperidine rings is 1. The first-order chi connectivity index (χ1) is 11.4. The number of rotatable bonds is 2. The lowest BCUT2D eigenvalue weighted by atomic mass is 9.97. The van der Waals surface area contributed by atoms with Gasteiger partial charge in [0.2, 0.25) is 0 Å². The van der Waals surface area contributed by atoms with Gasteiger partial charge in [-0.25, -0.2) is 0 Å². The minimum atomic E-state index is -0.223. The number of hydrogen-bond acceptors (Lipinski definition) is 2. The van der Waals surface area contributed by atoms with Crippen LogP contribution in [0.5, 0.6) is 0 Å². The van der Waals surface area contributed by atoms with Gasteiger partial charge in [-0.05, 0) is 32.1 Å². The number of ether oxygens (including phenoxy) is 2. The maximum absolute atomic E-state index is 6.55. The first-order valence-electron chi connectivity index (χ1n) is 10.5. The zero-order chi connectivity index (χ0) is 15.8. The molecule has 1 saturated carbocycles. The van der Waals surface area contributed by atoms with Gasteiger partial charge in [0, 0.05) is 12.8 Å². The molecule has 1 atom stereocenters. The van der Waals surface area contributed by atoms with Gasteiger partial charge in [0.1, 0.15) is 12.6 Å². The Labute approximate surface area is 143 Å². The second kappa shape index (κ2) is 9.39. The van der Waals surface area contributed by atoms with E-state index in [4.69, 9.17) is 9.47 Å². The highest BCUT2D eigenvalue weighted by atomic mass is 16.7. The highest BCUT2D eigenvalue weighted by molar-refractivity contribution is 4.79. The Morgan fingerprint density at radius 2 is 1.22 bits per heavy atom. The average Bonchev–Trinajstić information content (AvgIpc) is 2.95. The molecule has 0 amide bonds. The quantitative estimate of drug-likeness (QED) is 0.840. The maximum Gasteiger partial charge on any atom is 0.169 e. The Hall–Kier alpha value is -0.120. The fourth-order valence-electron chi connectivity index (χ4n) is 4.71. The van der Waals surface area contributed by atoms with Crippen molar-refractivity contribution in [2.75, 3.05) is 26.2 Å². The van der Waals surface area contributed by atoms with Gasteiger partial charge in [-0.1, -0.05) is 44.9 Å². The molecule has 2 aliphatic heterocycles. The van der Waals surface area contributed by atoms with Gasteiger partial charge >= 0.3 is 0 Å². The summed E-state index contributed by atoms with van der Waals surface area (Å²) in [7, 11) is 0. The molecule has 0 radical (unpaired) electrons. The first-order valence-corrected chi connectivity index (χ1v) is 10.5. The van der Waals surface area contributed by atoms with E-state index in [0.717, 1.165) is 19.4 Å². The average molecular weight is 325 g/mol. The van der Waals surface area contributed by atoms with Crippen molar-refractivity contribution in [2.45, 2.75) is 102 Å². The van der Waals surface area contributed by atoms with Crippen LogP contribution in [-0.4, -0.2) is 38.1 Å². The summed E-state index contributed by atoms with van der Waals surface area (Å²) in [4.78, 5) is 1.75. The van der Waals surface area contributed by atoms with Crippen LogP contribution in [0.1, 0.15) is 89.9 Å². The zero-order valence-electron chi connectivity index (χ0n) is 15.1. The zero-order valence-corrected chi connectivity index (χ0v) is 15.1. The molecule has 1 aliphatic carbocycles. The van der Waals surface area contributed by atoms with E-state index >= 15 is 0 Å². The largest absolute Gasteiger partial charge is 0.347 e. The highest BCUT2D eigenvalue weighted by Gasteiger charge is 2.42. The number of nitrogens with one attached hydrogen (secondary N) is 1. The lowest BCUT2D eigenvalue weighted by Crippen LogP contribution is -3.13. The van der Waals surface area contributed by atoms with Crippen molar-refractivity contribution in [3.8, 4) is 0 Å². The normalized spacial score (nSPS) is 31.6. The smallest absolute Gasteiger partial charge is 0.169 e. The van der Waals surface area contributed by atoms with Gasteiger partial charge in [-0.2, -0.15) is 0 Å². The summed E-state index contributed by atoms with van der Waals surface area (Å²) in [5.74, 6) is -0.223. The van der Waals surface area contributed by atoms with Crippen LogP contribution in [-0.2, 0) is 9.47 Å². The molecule has 0 aromatic rings. The van der Waals surface area contributed by atoms with Crippen LogP contribution in [0.2, 0.25) is 0 Å². The molecule has 2 heterocycles. The predicted octanol–water partition coefficient (Wildman–Crippen LogP) is 3.47. The molecule has 1 spiro atoms. The Balaban J connectivity index is 1.48. The molecule has 3 nitrogen and oxygen atoms in total. The van der Waals surface area contributed by atoms with Crippen molar-refractivity contribution in [2.24, 2.45) is 0 Å². The van der Waals surface area contributed by atoms with Crippen LogP contribution in [0.25, 0.3) is 0 Å². The second-order valence-electron chi connectivity index (χ2n) is 8.16. The van der Waals surface area contributed by atoms with Gasteiger partial charge in [0.25, 0.3) is 0 Å². The molecule has 0 aromatic carbocycles. The van der Waals surface area contributed by atoms with Crippen molar-refractivity contribution >= 4 is 0 Å². The molecule has 1 N–H and O–H groups in total. The third-order valence-corrected chi connectivity index (χ3v) is 6.11. The van der Waals surface area contributed by atoms with Gasteiger partial charge in [-0.3, -0.25) is 0 Å². The van der Waals surface area contributed by atoms with Crippen LogP contribution in [0, 0.1) is 0 Å². The Morgan fingerprint density at radius 3 is 1.83 bits per heavy atom. The van der Waals surface area contributed by atoms with Crippen LogP contribution < -0.4 is 4.90 Å². The fraction of sp³-hybridized carbons (Fsp3) is 1.00. The van der Waals surface area contributed by atoms with E-state index in [1.54, 1.807) is 4.90 Å². The molecule has 3 fully saturated rings. The van der Waals surface area contributed by atoms with Gasteiger partial charge in [0.15, 0.2) is 5.79 Å². The Kier molecular flexibility index (Phi) is 7.22.